The van der Waals surface area contributed by atoms with Gasteiger partial charge in [-0.1, -0.05) is 30.3 Å². The molecule has 2 N–H and O–H groups in total. The maximum atomic E-state index is 13.1. The van der Waals surface area contributed by atoms with E-state index >= 15 is 0 Å². The molecule has 2 aromatic rings. The second kappa shape index (κ2) is 7.77. The Hall–Kier alpha value is -1.91. The molecule has 1 aliphatic rings. The van der Waals surface area contributed by atoms with Crippen molar-refractivity contribution in [3.05, 3.63) is 65.5 Å². The molecule has 0 aromatic heterocycles. The van der Waals surface area contributed by atoms with Gasteiger partial charge in [0.15, 0.2) is 0 Å². The SMILES string of the molecule is C[C@@H](Nc1ccccc1CN1CCC(O)CC1)c1ccc(F)cc1. The van der Waals surface area contributed by atoms with Crippen molar-refractivity contribution in [2.45, 2.75) is 38.5 Å². The van der Waals surface area contributed by atoms with E-state index in [2.05, 4.69) is 35.3 Å². The number of aliphatic hydroxyl groups excluding tert-OH is 1. The summed E-state index contributed by atoms with van der Waals surface area (Å²) in [6.07, 6.45) is 1.55. The molecular weight excluding hydrogens is 303 g/mol. The van der Waals surface area contributed by atoms with Crippen LogP contribution in [0.1, 0.15) is 36.9 Å². The first kappa shape index (κ1) is 16.9. The second-order valence-electron chi connectivity index (χ2n) is 6.58. The maximum absolute atomic E-state index is 13.1. The van der Waals surface area contributed by atoms with Gasteiger partial charge in [-0.25, -0.2) is 4.39 Å². The molecule has 1 atom stereocenters. The highest BCUT2D eigenvalue weighted by molar-refractivity contribution is 5.52. The van der Waals surface area contributed by atoms with Crippen molar-refractivity contribution in [1.29, 1.82) is 0 Å². The molecule has 0 bridgehead atoms. The number of nitrogens with zero attached hydrogens (tertiary/aromatic N) is 1. The van der Waals surface area contributed by atoms with Gasteiger partial charge in [0.25, 0.3) is 0 Å². The highest BCUT2D eigenvalue weighted by Crippen LogP contribution is 2.24. The van der Waals surface area contributed by atoms with Crippen molar-refractivity contribution in [1.82, 2.24) is 4.90 Å². The number of halogens is 1. The number of para-hydroxylation sites is 1. The van der Waals surface area contributed by atoms with Crippen molar-refractivity contribution in [3.63, 3.8) is 0 Å². The topological polar surface area (TPSA) is 35.5 Å². The van der Waals surface area contributed by atoms with Gasteiger partial charge in [0.05, 0.1) is 6.10 Å². The van der Waals surface area contributed by atoms with Crippen LogP contribution >= 0.6 is 0 Å². The monoisotopic (exact) mass is 328 g/mol. The van der Waals surface area contributed by atoms with E-state index in [0.717, 1.165) is 43.7 Å². The Morgan fingerprint density at radius 3 is 2.50 bits per heavy atom. The third-order valence-corrected chi connectivity index (χ3v) is 4.71. The highest BCUT2D eigenvalue weighted by atomic mass is 19.1. The van der Waals surface area contributed by atoms with E-state index in [-0.39, 0.29) is 18.0 Å². The molecule has 128 valence electrons. The van der Waals surface area contributed by atoms with Crippen LogP contribution in [-0.2, 0) is 6.54 Å². The summed E-state index contributed by atoms with van der Waals surface area (Å²) in [5.74, 6) is -0.210. The van der Waals surface area contributed by atoms with E-state index in [1.165, 1.54) is 17.7 Å². The van der Waals surface area contributed by atoms with E-state index < -0.39 is 0 Å². The van der Waals surface area contributed by atoms with Crippen LogP contribution in [0.3, 0.4) is 0 Å². The standard InChI is InChI=1S/C20H25FN2O/c1-15(16-6-8-18(21)9-7-16)22-20-5-3-2-4-17(20)14-23-12-10-19(24)11-13-23/h2-9,15,19,22,24H,10-14H2,1H3/t15-/m1/s1. The molecule has 0 aliphatic carbocycles. The largest absolute Gasteiger partial charge is 0.393 e. The number of aliphatic hydroxyl groups is 1. The zero-order valence-corrected chi connectivity index (χ0v) is 14.1. The number of anilines is 1. The quantitative estimate of drug-likeness (QED) is 0.872. The molecule has 0 amide bonds. The normalized spacial score (nSPS) is 17.6. The molecule has 1 heterocycles. The van der Waals surface area contributed by atoms with E-state index in [4.69, 9.17) is 0 Å². The fraction of sp³-hybridized carbons (Fsp3) is 0.400. The van der Waals surface area contributed by atoms with Gasteiger partial charge < -0.3 is 10.4 Å². The average molecular weight is 328 g/mol. The highest BCUT2D eigenvalue weighted by Gasteiger charge is 2.18. The third-order valence-electron chi connectivity index (χ3n) is 4.71. The lowest BCUT2D eigenvalue weighted by Gasteiger charge is -2.30. The van der Waals surface area contributed by atoms with Crippen molar-refractivity contribution >= 4 is 5.69 Å². The second-order valence-corrected chi connectivity index (χ2v) is 6.58. The fourth-order valence-corrected chi connectivity index (χ4v) is 3.19. The number of hydrogen-bond acceptors (Lipinski definition) is 3. The summed E-state index contributed by atoms with van der Waals surface area (Å²) in [5, 5.41) is 13.2. The summed E-state index contributed by atoms with van der Waals surface area (Å²) < 4.78 is 13.1. The minimum absolute atomic E-state index is 0.106. The number of rotatable bonds is 5. The van der Waals surface area contributed by atoms with Gasteiger partial charge in [-0.15, -0.1) is 0 Å². The molecule has 24 heavy (non-hydrogen) atoms. The number of hydrogen-bond donors (Lipinski definition) is 2. The molecule has 1 fully saturated rings. The lowest BCUT2D eigenvalue weighted by Crippen LogP contribution is -2.35. The summed E-state index contributed by atoms with van der Waals surface area (Å²) in [7, 11) is 0. The van der Waals surface area contributed by atoms with Crippen LogP contribution in [0.2, 0.25) is 0 Å². The zero-order valence-electron chi connectivity index (χ0n) is 14.1. The number of benzene rings is 2. The summed E-state index contributed by atoms with van der Waals surface area (Å²) in [4.78, 5) is 2.38. The predicted octanol–water partition coefficient (Wildman–Crippen LogP) is 3.96. The average Bonchev–Trinajstić information content (AvgIpc) is 2.59. The minimum Gasteiger partial charge on any atom is -0.393 e. The van der Waals surface area contributed by atoms with E-state index in [1.807, 2.05) is 18.2 Å². The van der Waals surface area contributed by atoms with E-state index in [0.29, 0.717) is 0 Å². The molecule has 0 radical (unpaired) electrons. The number of nitrogens with one attached hydrogen (secondary N) is 1. The van der Waals surface area contributed by atoms with Gasteiger partial charge in [-0.2, -0.15) is 0 Å². The van der Waals surface area contributed by atoms with Gasteiger partial charge in [0.1, 0.15) is 5.82 Å². The molecule has 1 saturated heterocycles. The molecule has 0 spiro atoms. The summed E-state index contributed by atoms with van der Waals surface area (Å²) in [5.41, 5.74) is 3.43. The Bertz CT molecular complexity index is 651. The van der Waals surface area contributed by atoms with Crippen LogP contribution in [-0.4, -0.2) is 29.2 Å². The van der Waals surface area contributed by atoms with Crippen LogP contribution in [0.15, 0.2) is 48.5 Å². The molecule has 2 aromatic carbocycles. The van der Waals surface area contributed by atoms with Crippen LogP contribution in [0, 0.1) is 5.82 Å². The first-order valence-corrected chi connectivity index (χ1v) is 8.62. The molecular formula is C20H25FN2O. The Morgan fingerprint density at radius 2 is 1.79 bits per heavy atom. The molecule has 1 aliphatic heterocycles. The lowest BCUT2D eigenvalue weighted by molar-refractivity contribution is 0.0793. The van der Waals surface area contributed by atoms with E-state index in [1.54, 1.807) is 0 Å². The van der Waals surface area contributed by atoms with Gasteiger partial charge >= 0.3 is 0 Å². The first-order chi connectivity index (χ1) is 11.6. The molecule has 0 unspecified atom stereocenters. The minimum atomic E-state index is -0.210. The van der Waals surface area contributed by atoms with Crippen molar-refractivity contribution in [2.75, 3.05) is 18.4 Å². The Kier molecular flexibility index (Phi) is 5.48. The van der Waals surface area contributed by atoms with E-state index in [9.17, 15) is 9.50 Å². The van der Waals surface area contributed by atoms with Crippen LogP contribution < -0.4 is 5.32 Å². The summed E-state index contributed by atoms with van der Waals surface area (Å²) >= 11 is 0. The number of likely N-dealkylation sites (tertiary alicyclic amines) is 1. The fourth-order valence-electron chi connectivity index (χ4n) is 3.19. The first-order valence-electron chi connectivity index (χ1n) is 8.62. The van der Waals surface area contributed by atoms with Crippen LogP contribution in [0.25, 0.3) is 0 Å². The van der Waals surface area contributed by atoms with Crippen molar-refractivity contribution in [2.24, 2.45) is 0 Å². The van der Waals surface area contributed by atoms with Gasteiger partial charge in [-0.05, 0) is 49.1 Å². The summed E-state index contributed by atoms with van der Waals surface area (Å²) in [6, 6.07) is 15.1. The van der Waals surface area contributed by atoms with Crippen LogP contribution in [0.4, 0.5) is 10.1 Å². The zero-order chi connectivity index (χ0) is 16.9. The molecule has 4 heteroatoms. The van der Waals surface area contributed by atoms with Crippen molar-refractivity contribution < 1.29 is 9.50 Å². The Balaban J connectivity index is 1.68. The predicted molar refractivity (Wildman–Crippen MR) is 95.4 cm³/mol. The Labute approximate surface area is 143 Å². The van der Waals surface area contributed by atoms with Gasteiger partial charge in [0.2, 0.25) is 0 Å². The molecule has 0 saturated carbocycles. The summed E-state index contributed by atoms with van der Waals surface area (Å²) in [6.45, 7) is 4.83. The maximum Gasteiger partial charge on any atom is 0.123 e. The van der Waals surface area contributed by atoms with Crippen LogP contribution in [0.5, 0.6) is 0 Å². The number of piperidine rings is 1. The smallest absolute Gasteiger partial charge is 0.123 e. The van der Waals surface area contributed by atoms with Gasteiger partial charge in [0, 0.05) is 31.4 Å². The Morgan fingerprint density at radius 1 is 1.12 bits per heavy atom. The molecule has 3 rings (SSSR count). The van der Waals surface area contributed by atoms with Gasteiger partial charge in [-0.3, -0.25) is 4.90 Å². The lowest BCUT2D eigenvalue weighted by atomic mass is 10.0. The van der Waals surface area contributed by atoms with Crippen molar-refractivity contribution in [3.8, 4) is 0 Å². The molecule has 3 nitrogen and oxygen atoms in total. The third kappa shape index (κ3) is 4.34.